The third-order valence-corrected chi connectivity index (χ3v) is 3.15. The first kappa shape index (κ1) is 18.3. The van der Waals surface area contributed by atoms with Crippen molar-refractivity contribution in [3.05, 3.63) is 29.5 Å². The number of carbonyl (C=O) groups is 3. The quantitative estimate of drug-likeness (QED) is 0.532. The van der Waals surface area contributed by atoms with E-state index in [4.69, 9.17) is 11.6 Å². The van der Waals surface area contributed by atoms with E-state index in [1.54, 1.807) is 12.1 Å². The lowest BCUT2D eigenvalue weighted by Crippen LogP contribution is -2.46. The summed E-state index contributed by atoms with van der Waals surface area (Å²) in [5.41, 5.74) is 4.86. The van der Waals surface area contributed by atoms with Gasteiger partial charge in [-0.3, -0.25) is 25.2 Å². The first-order valence-electron chi connectivity index (χ1n) is 7.30. The molecule has 0 saturated carbocycles. The number of carbonyl (C=O) groups excluding carboxylic acids is 3. The van der Waals surface area contributed by atoms with Crippen LogP contribution >= 0.6 is 11.6 Å². The van der Waals surface area contributed by atoms with Crippen molar-refractivity contribution in [1.82, 2.24) is 31.1 Å². The summed E-state index contributed by atoms with van der Waals surface area (Å²) in [6.07, 6.45) is 1.55. The number of aromatic nitrogens is 4. The summed E-state index contributed by atoms with van der Waals surface area (Å²) < 4.78 is 1.30. The normalized spacial score (nSPS) is 10.4. The molecule has 11 heteroatoms. The standard InChI is InChI=1S/C14H16ClN7O3/c1-8(2)5-12(23)18-19-14(25)13(24)17-10-6-9(15)3-4-11(10)22-7-16-20-21-22/h3-4,6-8H,5H2,1-2H3,(H,17,24)(H,18,23)(H,19,25). The average molecular weight is 366 g/mol. The molecule has 1 aromatic heterocycles. The number of benzene rings is 1. The van der Waals surface area contributed by atoms with E-state index in [1.165, 1.54) is 17.1 Å². The van der Waals surface area contributed by atoms with Crippen LogP contribution in [0.1, 0.15) is 20.3 Å². The van der Waals surface area contributed by atoms with Crippen molar-refractivity contribution in [3.8, 4) is 5.69 Å². The highest BCUT2D eigenvalue weighted by molar-refractivity contribution is 6.40. The van der Waals surface area contributed by atoms with Gasteiger partial charge in [0.2, 0.25) is 5.91 Å². The van der Waals surface area contributed by atoms with Crippen LogP contribution < -0.4 is 16.2 Å². The molecule has 0 atom stereocenters. The summed E-state index contributed by atoms with van der Waals surface area (Å²) in [6, 6.07) is 4.61. The van der Waals surface area contributed by atoms with Crippen molar-refractivity contribution >= 4 is 35.0 Å². The van der Waals surface area contributed by atoms with Crippen LogP contribution in [0, 0.1) is 5.92 Å². The van der Waals surface area contributed by atoms with E-state index in [2.05, 4.69) is 26.3 Å². The summed E-state index contributed by atoms with van der Waals surface area (Å²) in [5.74, 6) is -2.29. The zero-order valence-corrected chi connectivity index (χ0v) is 14.2. The Morgan fingerprint density at radius 2 is 1.96 bits per heavy atom. The van der Waals surface area contributed by atoms with Gasteiger partial charge in [0, 0.05) is 11.4 Å². The van der Waals surface area contributed by atoms with Crippen LogP contribution in [0.4, 0.5) is 5.69 Å². The Morgan fingerprint density at radius 3 is 2.60 bits per heavy atom. The number of tetrazole rings is 1. The zero-order valence-electron chi connectivity index (χ0n) is 13.5. The Labute approximate surface area is 147 Å². The zero-order chi connectivity index (χ0) is 18.4. The van der Waals surface area contributed by atoms with Crippen molar-refractivity contribution in [1.29, 1.82) is 0 Å². The van der Waals surface area contributed by atoms with Crippen LogP contribution in [0.25, 0.3) is 5.69 Å². The molecule has 0 spiro atoms. The molecule has 1 aromatic carbocycles. The lowest BCUT2D eigenvalue weighted by molar-refractivity contribution is -0.138. The van der Waals surface area contributed by atoms with E-state index in [0.717, 1.165) is 0 Å². The molecule has 0 saturated heterocycles. The molecule has 132 valence electrons. The second-order valence-corrected chi connectivity index (χ2v) is 5.91. The van der Waals surface area contributed by atoms with Gasteiger partial charge in [0.25, 0.3) is 0 Å². The maximum Gasteiger partial charge on any atom is 0.328 e. The number of nitrogens with zero attached hydrogens (tertiary/aromatic N) is 4. The Bertz CT molecular complexity index is 777. The van der Waals surface area contributed by atoms with Crippen molar-refractivity contribution in [2.24, 2.45) is 5.92 Å². The van der Waals surface area contributed by atoms with E-state index < -0.39 is 17.7 Å². The van der Waals surface area contributed by atoms with E-state index in [9.17, 15) is 14.4 Å². The Kier molecular flexibility index (Phi) is 6.01. The van der Waals surface area contributed by atoms with Crippen LogP contribution in [0.5, 0.6) is 0 Å². The van der Waals surface area contributed by atoms with E-state index in [-0.39, 0.29) is 18.0 Å². The summed E-state index contributed by atoms with van der Waals surface area (Å²) in [6.45, 7) is 3.71. The molecule has 0 aliphatic heterocycles. The number of hydrogen-bond donors (Lipinski definition) is 3. The SMILES string of the molecule is CC(C)CC(=O)NNC(=O)C(=O)Nc1cc(Cl)ccc1-n1cnnn1. The molecule has 0 fully saturated rings. The lowest BCUT2D eigenvalue weighted by Gasteiger charge is -2.11. The smallest absolute Gasteiger partial charge is 0.316 e. The number of amides is 3. The van der Waals surface area contributed by atoms with Crippen molar-refractivity contribution in [2.45, 2.75) is 20.3 Å². The fraction of sp³-hybridized carbons (Fsp3) is 0.286. The fourth-order valence-electron chi connectivity index (χ4n) is 1.86. The van der Waals surface area contributed by atoms with E-state index in [0.29, 0.717) is 10.7 Å². The molecular formula is C14H16ClN7O3. The fourth-order valence-corrected chi connectivity index (χ4v) is 2.04. The van der Waals surface area contributed by atoms with Gasteiger partial charge >= 0.3 is 11.8 Å². The third-order valence-electron chi connectivity index (χ3n) is 2.92. The van der Waals surface area contributed by atoms with Gasteiger partial charge in [-0.2, -0.15) is 4.68 Å². The minimum absolute atomic E-state index is 0.121. The first-order chi connectivity index (χ1) is 11.9. The maximum absolute atomic E-state index is 12.0. The highest BCUT2D eigenvalue weighted by Crippen LogP contribution is 2.23. The molecule has 10 nitrogen and oxygen atoms in total. The number of nitrogens with one attached hydrogen (secondary N) is 3. The highest BCUT2D eigenvalue weighted by Gasteiger charge is 2.17. The summed E-state index contributed by atoms with van der Waals surface area (Å²) in [7, 11) is 0. The van der Waals surface area contributed by atoms with Gasteiger partial charge in [-0.15, -0.1) is 5.10 Å². The molecule has 2 aromatic rings. The maximum atomic E-state index is 12.0. The molecule has 3 N–H and O–H groups in total. The predicted molar refractivity (Wildman–Crippen MR) is 88.5 cm³/mol. The molecule has 0 aliphatic rings. The predicted octanol–water partition coefficient (Wildman–Crippen LogP) is 0.448. The molecule has 1 heterocycles. The molecule has 2 rings (SSSR count). The molecule has 0 unspecified atom stereocenters. The van der Waals surface area contributed by atoms with E-state index >= 15 is 0 Å². The number of rotatable bonds is 4. The average Bonchev–Trinajstić information content (AvgIpc) is 3.06. The second kappa shape index (κ2) is 8.20. The molecule has 3 amide bonds. The van der Waals surface area contributed by atoms with Crippen LogP contribution in [0.3, 0.4) is 0 Å². The summed E-state index contributed by atoms with van der Waals surface area (Å²) >= 11 is 5.92. The van der Waals surface area contributed by atoms with Gasteiger partial charge in [-0.1, -0.05) is 25.4 Å². The van der Waals surface area contributed by atoms with Crippen molar-refractivity contribution < 1.29 is 14.4 Å². The third kappa shape index (κ3) is 5.24. The van der Waals surface area contributed by atoms with Gasteiger partial charge in [-0.05, 0) is 34.5 Å². The first-order valence-corrected chi connectivity index (χ1v) is 7.67. The second-order valence-electron chi connectivity index (χ2n) is 5.47. The van der Waals surface area contributed by atoms with Gasteiger partial charge < -0.3 is 5.32 Å². The number of hydrogen-bond acceptors (Lipinski definition) is 6. The Balaban J connectivity index is 2.04. The monoisotopic (exact) mass is 365 g/mol. The molecule has 0 aliphatic carbocycles. The van der Waals surface area contributed by atoms with Crippen LogP contribution in [0.2, 0.25) is 5.02 Å². The Morgan fingerprint density at radius 1 is 1.20 bits per heavy atom. The topological polar surface area (TPSA) is 131 Å². The molecule has 0 bridgehead atoms. The Hall–Kier alpha value is -3.01. The van der Waals surface area contributed by atoms with Gasteiger partial charge in [0.1, 0.15) is 6.33 Å². The highest BCUT2D eigenvalue weighted by atomic mass is 35.5. The molecular weight excluding hydrogens is 350 g/mol. The van der Waals surface area contributed by atoms with Crippen molar-refractivity contribution in [2.75, 3.05) is 5.32 Å². The van der Waals surface area contributed by atoms with Gasteiger partial charge in [-0.25, -0.2) is 0 Å². The molecule has 25 heavy (non-hydrogen) atoms. The number of hydrazine groups is 1. The van der Waals surface area contributed by atoms with Gasteiger partial charge in [0.15, 0.2) is 0 Å². The molecule has 0 radical (unpaired) electrons. The lowest BCUT2D eigenvalue weighted by atomic mass is 10.1. The summed E-state index contributed by atoms with van der Waals surface area (Å²) in [5, 5.41) is 13.5. The van der Waals surface area contributed by atoms with Crippen LogP contribution in [-0.4, -0.2) is 37.9 Å². The summed E-state index contributed by atoms with van der Waals surface area (Å²) in [4.78, 5) is 35.3. The van der Waals surface area contributed by atoms with Gasteiger partial charge in [0.05, 0.1) is 11.4 Å². The largest absolute Gasteiger partial charge is 0.328 e. The van der Waals surface area contributed by atoms with Crippen molar-refractivity contribution in [3.63, 3.8) is 0 Å². The number of halogens is 1. The van der Waals surface area contributed by atoms with E-state index in [1.807, 2.05) is 19.3 Å². The minimum Gasteiger partial charge on any atom is -0.316 e. The van der Waals surface area contributed by atoms with Crippen LogP contribution in [0.15, 0.2) is 24.5 Å². The van der Waals surface area contributed by atoms with Crippen LogP contribution in [-0.2, 0) is 14.4 Å². The number of anilines is 1. The minimum atomic E-state index is -1.03.